The maximum atomic E-state index is 13.1. The minimum Gasteiger partial charge on any atom is -0.319 e. The molecule has 0 unspecified atom stereocenters. The molecule has 0 heterocycles. The number of nitrogens with zero attached hydrogens (tertiary/aromatic N) is 1. The van der Waals surface area contributed by atoms with Crippen molar-refractivity contribution in [2.75, 3.05) is 5.32 Å². The third-order valence-corrected chi connectivity index (χ3v) is 4.19. The number of benzene rings is 1. The predicted molar refractivity (Wildman–Crippen MR) is 79.1 cm³/mol. The van der Waals surface area contributed by atoms with E-state index in [4.69, 9.17) is 0 Å². The second-order valence-corrected chi connectivity index (χ2v) is 5.64. The van der Waals surface area contributed by atoms with Gasteiger partial charge in [0.05, 0.1) is 6.07 Å². The number of nitriles is 1. The third kappa shape index (κ3) is 3.94. The van der Waals surface area contributed by atoms with Crippen LogP contribution in [0, 0.1) is 23.1 Å². The van der Waals surface area contributed by atoms with Gasteiger partial charge in [0.2, 0.25) is 0 Å². The van der Waals surface area contributed by atoms with Crippen LogP contribution in [-0.2, 0) is 0 Å². The molecule has 0 spiro atoms. The lowest BCUT2D eigenvalue weighted by atomic mass is 9.76. The van der Waals surface area contributed by atoms with E-state index in [2.05, 4.69) is 23.6 Å². The minimum atomic E-state index is -0.803. The van der Waals surface area contributed by atoms with Crippen molar-refractivity contribution in [1.82, 2.24) is 5.32 Å². The molecule has 112 valence electrons. The largest absolute Gasteiger partial charge is 0.320 e. The van der Waals surface area contributed by atoms with Gasteiger partial charge >= 0.3 is 6.03 Å². The Hall–Kier alpha value is -2.09. The molecule has 1 aliphatic carbocycles. The molecule has 0 aliphatic heterocycles. The first kappa shape index (κ1) is 15.3. The van der Waals surface area contributed by atoms with Gasteiger partial charge in [0, 0.05) is 5.69 Å². The molecule has 5 heteroatoms. The van der Waals surface area contributed by atoms with E-state index in [1.165, 1.54) is 18.2 Å². The van der Waals surface area contributed by atoms with Gasteiger partial charge in [-0.25, -0.2) is 9.18 Å². The van der Waals surface area contributed by atoms with Gasteiger partial charge in [-0.2, -0.15) is 5.26 Å². The number of carbonyl (C=O) groups excluding carboxylic acids is 1. The Labute approximate surface area is 124 Å². The number of nitrogens with one attached hydrogen (secondary N) is 2. The van der Waals surface area contributed by atoms with E-state index in [-0.39, 0.29) is 0 Å². The summed E-state index contributed by atoms with van der Waals surface area (Å²) in [4.78, 5) is 12.0. The number of hydrogen-bond acceptors (Lipinski definition) is 2. The number of amides is 2. The summed E-state index contributed by atoms with van der Waals surface area (Å²) in [5.41, 5.74) is -0.425. The van der Waals surface area contributed by atoms with E-state index < -0.39 is 17.4 Å². The summed E-state index contributed by atoms with van der Waals surface area (Å²) in [6, 6.07) is 7.47. The number of carbonyl (C=O) groups is 1. The van der Waals surface area contributed by atoms with Crippen LogP contribution in [0.2, 0.25) is 0 Å². The molecule has 1 aromatic rings. The molecular formula is C16H20FN3O. The quantitative estimate of drug-likeness (QED) is 0.888. The third-order valence-electron chi connectivity index (χ3n) is 4.19. The highest BCUT2D eigenvalue weighted by Gasteiger charge is 2.36. The Morgan fingerprint density at radius 3 is 2.76 bits per heavy atom. The molecule has 0 saturated heterocycles. The minimum absolute atomic E-state index is 0.378. The van der Waals surface area contributed by atoms with Crippen molar-refractivity contribution in [3.63, 3.8) is 0 Å². The Kier molecular flexibility index (Phi) is 4.79. The Balaban J connectivity index is 1.96. The SMILES string of the molecule is CCC1CCC(C#N)(NC(=O)Nc2cccc(F)c2)CC1. The van der Waals surface area contributed by atoms with E-state index >= 15 is 0 Å². The zero-order valence-corrected chi connectivity index (χ0v) is 12.2. The summed E-state index contributed by atoms with van der Waals surface area (Å²) in [6.45, 7) is 2.15. The molecule has 1 aromatic carbocycles. The van der Waals surface area contributed by atoms with Gasteiger partial charge in [-0.3, -0.25) is 0 Å². The highest BCUT2D eigenvalue weighted by molar-refractivity contribution is 5.90. The van der Waals surface area contributed by atoms with Crippen LogP contribution in [-0.4, -0.2) is 11.6 Å². The lowest BCUT2D eigenvalue weighted by Crippen LogP contribution is -2.51. The first-order valence-corrected chi connectivity index (χ1v) is 7.33. The normalized spacial score (nSPS) is 24.9. The summed E-state index contributed by atoms with van der Waals surface area (Å²) in [5.74, 6) is 0.228. The van der Waals surface area contributed by atoms with E-state index in [0.717, 1.165) is 19.3 Å². The summed E-state index contributed by atoms with van der Waals surface area (Å²) in [5, 5.41) is 14.7. The van der Waals surface area contributed by atoms with Crippen molar-refractivity contribution in [2.24, 2.45) is 5.92 Å². The molecular weight excluding hydrogens is 269 g/mol. The molecule has 0 atom stereocenters. The summed E-state index contributed by atoms with van der Waals surface area (Å²) in [6.07, 6.45) is 4.34. The molecule has 1 fully saturated rings. The molecule has 1 saturated carbocycles. The molecule has 0 bridgehead atoms. The second kappa shape index (κ2) is 6.57. The van der Waals surface area contributed by atoms with E-state index in [1.807, 2.05) is 0 Å². The highest BCUT2D eigenvalue weighted by Crippen LogP contribution is 2.33. The number of urea groups is 1. The standard InChI is InChI=1S/C16H20FN3O/c1-2-12-6-8-16(11-18,9-7-12)20-15(21)19-14-5-3-4-13(17)10-14/h3-5,10,12H,2,6-9H2,1H3,(H2,19,20,21). The monoisotopic (exact) mass is 289 g/mol. The molecule has 4 nitrogen and oxygen atoms in total. The Morgan fingerprint density at radius 2 is 2.19 bits per heavy atom. The Morgan fingerprint density at radius 1 is 1.48 bits per heavy atom. The maximum Gasteiger partial charge on any atom is 0.320 e. The van der Waals surface area contributed by atoms with Crippen molar-refractivity contribution in [2.45, 2.75) is 44.6 Å². The summed E-state index contributed by atoms with van der Waals surface area (Å²) in [7, 11) is 0. The lowest BCUT2D eigenvalue weighted by Gasteiger charge is -2.35. The van der Waals surface area contributed by atoms with Crippen LogP contribution in [0.15, 0.2) is 24.3 Å². The molecule has 0 aromatic heterocycles. The number of halogens is 1. The zero-order chi connectivity index (χ0) is 15.3. The van der Waals surface area contributed by atoms with Gasteiger partial charge in [0.25, 0.3) is 0 Å². The van der Waals surface area contributed by atoms with Gasteiger partial charge in [0.1, 0.15) is 11.4 Å². The van der Waals surface area contributed by atoms with Crippen molar-refractivity contribution >= 4 is 11.7 Å². The van der Waals surface area contributed by atoms with Crippen LogP contribution in [0.25, 0.3) is 0 Å². The topological polar surface area (TPSA) is 64.9 Å². The van der Waals surface area contributed by atoms with Crippen LogP contribution < -0.4 is 10.6 Å². The van der Waals surface area contributed by atoms with Crippen molar-refractivity contribution in [3.8, 4) is 6.07 Å². The van der Waals surface area contributed by atoms with Gasteiger partial charge in [-0.05, 0) is 49.8 Å². The first-order chi connectivity index (χ1) is 10.1. The fraction of sp³-hybridized carbons (Fsp3) is 0.500. The fourth-order valence-electron chi connectivity index (χ4n) is 2.79. The molecule has 0 radical (unpaired) electrons. The number of anilines is 1. The van der Waals surface area contributed by atoms with Crippen LogP contribution in [0.5, 0.6) is 0 Å². The van der Waals surface area contributed by atoms with Crippen LogP contribution >= 0.6 is 0 Å². The van der Waals surface area contributed by atoms with Crippen LogP contribution in [0.4, 0.5) is 14.9 Å². The average Bonchev–Trinajstić information content (AvgIpc) is 2.48. The van der Waals surface area contributed by atoms with Gasteiger partial charge in [-0.1, -0.05) is 19.4 Å². The van der Waals surface area contributed by atoms with Crippen molar-refractivity contribution in [3.05, 3.63) is 30.1 Å². The smallest absolute Gasteiger partial charge is 0.319 e. The molecule has 2 N–H and O–H groups in total. The maximum absolute atomic E-state index is 13.1. The van der Waals surface area contributed by atoms with Gasteiger partial charge in [-0.15, -0.1) is 0 Å². The highest BCUT2D eigenvalue weighted by atomic mass is 19.1. The summed E-state index contributed by atoms with van der Waals surface area (Å²) < 4.78 is 13.1. The van der Waals surface area contributed by atoms with E-state index in [0.29, 0.717) is 24.4 Å². The fourth-order valence-corrected chi connectivity index (χ4v) is 2.79. The predicted octanol–water partition coefficient (Wildman–Crippen LogP) is 3.81. The Bertz CT molecular complexity index is 545. The van der Waals surface area contributed by atoms with Crippen molar-refractivity contribution in [1.29, 1.82) is 5.26 Å². The number of hydrogen-bond donors (Lipinski definition) is 2. The number of rotatable bonds is 3. The van der Waals surface area contributed by atoms with Crippen LogP contribution in [0.3, 0.4) is 0 Å². The van der Waals surface area contributed by atoms with E-state index in [1.54, 1.807) is 6.07 Å². The summed E-state index contributed by atoms with van der Waals surface area (Å²) >= 11 is 0. The van der Waals surface area contributed by atoms with Crippen LogP contribution in [0.1, 0.15) is 39.0 Å². The molecule has 1 aliphatic rings. The average molecular weight is 289 g/mol. The molecule has 21 heavy (non-hydrogen) atoms. The van der Waals surface area contributed by atoms with Gasteiger partial charge in [0.15, 0.2) is 0 Å². The molecule has 2 amide bonds. The second-order valence-electron chi connectivity index (χ2n) is 5.64. The molecule has 2 rings (SSSR count). The van der Waals surface area contributed by atoms with E-state index in [9.17, 15) is 14.4 Å². The lowest BCUT2D eigenvalue weighted by molar-refractivity contribution is 0.216. The van der Waals surface area contributed by atoms with Gasteiger partial charge < -0.3 is 10.6 Å². The zero-order valence-electron chi connectivity index (χ0n) is 12.2. The van der Waals surface area contributed by atoms with Crippen molar-refractivity contribution < 1.29 is 9.18 Å². The first-order valence-electron chi connectivity index (χ1n) is 7.33.